The zero-order chi connectivity index (χ0) is 17.2. The quantitative estimate of drug-likeness (QED) is 0.682. The Balaban J connectivity index is 0.00000225. The third-order valence-electron chi connectivity index (χ3n) is 4.61. The number of fused-ring (bicyclic) bond motifs is 2. The zero-order valence-corrected chi connectivity index (χ0v) is 15.3. The second-order valence-corrected chi connectivity index (χ2v) is 8.24. The second kappa shape index (κ2) is 8.44. The lowest BCUT2D eigenvalue weighted by molar-refractivity contribution is -0.121. The molecule has 2 unspecified atom stereocenters. The van der Waals surface area contributed by atoms with Crippen molar-refractivity contribution in [3.8, 4) is 0 Å². The van der Waals surface area contributed by atoms with Crippen molar-refractivity contribution in [2.75, 3.05) is 6.54 Å². The Hall–Kier alpha value is -1.22. The molecule has 2 bridgehead atoms. The molecule has 2 saturated heterocycles. The molecule has 25 heavy (non-hydrogen) atoms. The number of piperidine rings is 1. The molecular formula is C16H23ClFN3O3S. The van der Waals surface area contributed by atoms with Gasteiger partial charge in [0.15, 0.2) is 0 Å². The van der Waals surface area contributed by atoms with Crippen LogP contribution in [0.4, 0.5) is 4.39 Å². The van der Waals surface area contributed by atoms with Crippen molar-refractivity contribution in [2.24, 2.45) is 0 Å². The van der Waals surface area contributed by atoms with Gasteiger partial charge in [0, 0.05) is 31.1 Å². The number of hydrogen-bond acceptors (Lipinski definition) is 4. The van der Waals surface area contributed by atoms with Crippen LogP contribution in [0.1, 0.15) is 32.1 Å². The highest BCUT2D eigenvalue weighted by molar-refractivity contribution is 7.89. The summed E-state index contributed by atoms with van der Waals surface area (Å²) < 4.78 is 39.3. The molecule has 2 aliphatic rings. The van der Waals surface area contributed by atoms with Gasteiger partial charge < -0.3 is 10.6 Å². The van der Waals surface area contributed by atoms with Crippen LogP contribution in [0.25, 0.3) is 0 Å². The summed E-state index contributed by atoms with van der Waals surface area (Å²) in [7, 11) is -3.72. The summed E-state index contributed by atoms with van der Waals surface area (Å²) in [5, 5.41) is 6.50. The van der Waals surface area contributed by atoms with Gasteiger partial charge in [0.25, 0.3) is 0 Å². The first-order chi connectivity index (χ1) is 11.4. The molecule has 2 heterocycles. The average molecular weight is 392 g/mol. The molecule has 1 amide bonds. The van der Waals surface area contributed by atoms with Crippen LogP contribution >= 0.6 is 12.4 Å². The van der Waals surface area contributed by atoms with E-state index in [0.29, 0.717) is 12.1 Å². The van der Waals surface area contributed by atoms with Gasteiger partial charge in [0.05, 0.1) is 4.90 Å². The van der Waals surface area contributed by atoms with E-state index in [9.17, 15) is 17.6 Å². The smallest absolute Gasteiger partial charge is 0.240 e. The molecule has 0 radical (unpaired) electrons. The molecule has 0 aromatic heterocycles. The van der Waals surface area contributed by atoms with Crippen molar-refractivity contribution in [3.05, 3.63) is 30.1 Å². The fourth-order valence-corrected chi connectivity index (χ4v) is 4.50. The Bertz CT molecular complexity index is 687. The van der Waals surface area contributed by atoms with E-state index in [-0.39, 0.29) is 42.2 Å². The predicted molar refractivity (Wildman–Crippen MR) is 94.6 cm³/mol. The maximum Gasteiger partial charge on any atom is 0.240 e. The van der Waals surface area contributed by atoms with Gasteiger partial charge in [-0.05, 0) is 49.9 Å². The Kier molecular flexibility index (Phi) is 6.79. The summed E-state index contributed by atoms with van der Waals surface area (Å²) in [6.07, 6.45) is 4.27. The van der Waals surface area contributed by atoms with Gasteiger partial charge in [-0.2, -0.15) is 0 Å². The summed E-state index contributed by atoms with van der Waals surface area (Å²) in [5.74, 6) is -0.646. The molecule has 3 N–H and O–H groups in total. The normalized spacial score (nSPS) is 25.2. The molecule has 2 atom stereocenters. The molecule has 0 spiro atoms. The molecule has 1 aromatic carbocycles. The first-order valence-electron chi connectivity index (χ1n) is 8.23. The molecule has 9 heteroatoms. The van der Waals surface area contributed by atoms with Gasteiger partial charge in [-0.25, -0.2) is 17.5 Å². The number of nitrogens with one attached hydrogen (secondary N) is 3. The third-order valence-corrected chi connectivity index (χ3v) is 6.08. The first-order valence-corrected chi connectivity index (χ1v) is 9.71. The molecular weight excluding hydrogens is 369 g/mol. The maximum atomic E-state index is 12.8. The molecule has 1 aromatic rings. The van der Waals surface area contributed by atoms with Gasteiger partial charge in [-0.1, -0.05) is 0 Å². The number of hydrogen-bond donors (Lipinski definition) is 3. The lowest BCUT2D eigenvalue weighted by atomic mass is 10.00. The lowest BCUT2D eigenvalue weighted by Gasteiger charge is -2.29. The molecule has 3 rings (SSSR count). The highest BCUT2D eigenvalue weighted by atomic mass is 35.5. The minimum Gasteiger partial charge on any atom is -0.353 e. The lowest BCUT2D eigenvalue weighted by Crippen LogP contribution is -2.48. The largest absolute Gasteiger partial charge is 0.353 e. The fourth-order valence-electron chi connectivity index (χ4n) is 3.47. The van der Waals surface area contributed by atoms with E-state index in [1.54, 1.807) is 0 Å². The van der Waals surface area contributed by atoms with E-state index in [1.165, 1.54) is 12.1 Å². The van der Waals surface area contributed by atoms with Crippen LogP contribution in [0, 0.1) is 5.82 Å². The second-order valence-electron chi connectivity index (χ2n) is 6.48. The SMILES string of the molecule is Cl.O=C(CCNS(=O)(=O)c1ccc(F)cc1)NC1CC2CCC(C1)N2. The van der Waals surface area contributed by atoms with Gasteiger partial charge in [-0.3, -0.25) is 4.79 Å². The molecule has 0 aliphatic carbocycles. The van der Waals surface area contributed by atoms with Crippen molar-refractivity contribution >= 4 is 28.3 Å². The van der Waals surface area contributed by atoms with Crippen LogP contribution in [0.2, 0.25) is 0 Å². The summed E-state index contributed by atoms with van der Waals surface area (Å²) in [6, 6.07) is 5.73. The average Bonchev–Trinajstić information content (AvgIpc) is 2.86. The zero-order valence-electron chi connectivity index (χ0n) is 13.7. The first kappa shape index (κ1) is 20.1. The molecule has 0 saturated carbocycles. The van der Waals surface area contributed by atoms with Crippen LogP contribution in [-0.2, 0) is 14.8 Å². The third kappa shape index (κ3) is 5.37. The minimum atomic E-state index is -3.72. The van der Waals surface area contributed by atoms with E-state index in [1.807, 2.05) is 0 Å². The standard InChI is InChI=1S/C16H22FN3O3S.ClH/c17-11-1-5-15(6-2-11)24(22,23)18-8-7-16(21)20-14-9-12-3-4-13(10-14)19-12;/h1-2,5-6,12-14,18-19H,3-4,7-10H2,(H,20,21);1H. The van der Waals surface area contributed by atoms with E-state index in [4.69, 9.17) is 0 Å². The van der Waals surface area contributed by atoms with E-state index >= 15 is 0 Å². The number of carbonyl (C=O) groups is 1. The molecule has 6 nitrogen and oxygen atoms in total. The fraction of sp³-hybridized carbons (Fsp3) is 0.562. The van der Waals surface area contributed by atoms with Crippen molar-refractivity contribution in [1.82, 2.24) is 15.4 Å². The summed E-state index contributed by atoms with van der Waals surface area (Å²) in [4.78, 5) is 12.0. The Morgan fingerprint density at radius 2 is 1.76 bits per heavy atom. The van der Waals surface area contributed by atoms with E-state index in [2.05, 4.69) is 15.4 Å². The van der Waals surface area contributed by atoms with Gasteiger partial charge in [0.2, 0.25) is 15.9 Å². The Morgan fingerprint density at radius 1 is 1.16 bits per heavy atom. The predicted octanol–water partition coefficient (Wildman–Crippen LogP) is 1.32. The van der Waals surface area contributed by atoms with Gasteiger partial charge in [-0.15, -0.1) is 12.4 Å². The van der Waals surface area contributed by atoms with Crippen LogP contribution in [0.15, 0.2) is 29.2 Å². The van der Waals surface area contributed by atoms with Crippen molar-refractivity contribution in [3.63, 3.8) is 0 Å². The maximum absolute atomic E-state index is 12.8. The number of carbonyl (C=O) groups excluding carboxylic acids is 1. The van der Waals surface area contributed by atoms with Crippen molar-refractivity contribution in [2.45, 2.75) is 55.1 Å². The van der Waals surface area contributed by atoms with Crippen LogP contribution in [0.5, 0.6) is 0 Å². The highest BCUT2D eigenvalue weighted by Crippen LogP contribution is 2.26. The van der Waals surface area contributed by atoms with Crippen molar-refractivity contribution < 1.29 is 17.6 Å². The number of sulfonamides is 1. The molecule has 2 aliphatic heterocycles. The summed E-state index contributed by atoms with van der Waals surface area (Å²) >= 11 is 0. The Labute approximate surface area is 153 Å². The Morgan fingerprint density at radius 3 is 2.36 bits per heavy atom. The van der Waals surface area contributed by atoms with E-state index in [0.717, 1.165) is 37.8 Å². The number of halogens is 2. The number of benzene rings is 1. The van der Waals surface area contributed by atoms with Crippen LogP contribution in [-0.4, -0.2) is 39.0 Å². The van der Waals surface area contributed by atoms with Crippen LogP contribution < -0.4 is 15.4 Å². The number of amides is 1. The van der Waals surface area contributed by atoms with Gasteiger partial charge in [0.1, 0.15) is 5.82 Å². The molecule has 2 fully saturated rings. The number of rotatable bonds is 6. The summed E-state index contributed by atoms with van der Waals surface area (Å²) in [6.45, 7) is 0.0172. The highest BCUT2D eigenvalue weighted by Gasteiger charge is 2.33. The van der Waals surface area contributed by atoms with Crippen LogP contribution in [0.3, 0.4) is 0 Å². The minimum absolute atomic E-state index is 0. The monoisotopic (exact) mass is 391 g/mol. The van der Waals surface area contributed by atoms with Crippen molar-refractivity contribution in [1.29, 1.82) is 0 Å². The van der Waals surface area contributed by atoms with Gasteiger partial charge >= 0.3 is 0 Å². The summed E-state index contributed by atoms with van der Waals surface area (Å²) in [5.41, 5.74) is 0. The van der Waals surface area contributed by atoms with E-state index < -0.39 is 15.8 Å². The topological polar surface area (TPSA) is 87.3 Å². The molecule has 140 valence electrons.